The number of piperidine rings is 1. The molecule has 102 valence electrons. The van der Waals surface area contributed by atoms with E-state index in [2.05, 4.69) is 6.92 Å². The quantitative estimate of drug-likeness (QED) is 0.831. The van der Waals surface area contributed by atoms with Gasteiger partial charge in [-0.25, -0.2) is 4.79 Å². The van der Waals surface area contributed by atoms with E-state index in [1.54, 1.807) is 0 Å². The number of carbonyl (C=O) groups is 2. The Morgan fingerprint density at radius 1 is 1.22 bits per heavy atom. The zero-order valence-electron chi connectivity index (χ0n) is 11.0. The molecule has 1 aliphatic heterocycles. The van der Waals surface area contributed by atoms with Crippen LogP contribution in [0, 0.1) is 5.92 Å². The molecule has 1 N–H and O–H groups in total. The molecule has 2 aliphatic rings. The Kier molecular flexibility index (Phi) is 4.09. The van der Waals surface area contributed by atoms with Crippen molar-refractivity contribution in [1.82, 2.24) is 9.80 Å². The van der Waals surface area contributed by atoms with Gasteiger partial charge in [0.15, 0.2) is 0 Å². The Hall–Kier alpha value is -1.26. The molecular formula is C13H22N2O3. The third-order valence-corrected chi connectivity index (χ3v) is 3.81. The van der Waals surface area contributed by atoms with Crippen LogP contribution < -0.4 is 0 Å². The lowest BCUT2D eigenvalue weighted by Crippen LogP contribution is -2.48. The van der Waals surface area contributed by atoms with Crippen molar-refractivity contribution in [2.45, 2.75) is 45.1 Å². The average molecular weight is 254 g/mol. The smallest absolute Gasteiger partial charge is 0.320 e. The summed E-state index contributed by atoms with van der Waals surface area (Å²) in [5.74, 6) is -0.996. The summed E-state index contributed by atoms with van der Waals surface area (Å²) >= 11 is 0. The molecule has 1 heterocycles. The van der Waals surface area contributed by atoms with Gasteiger partial charge in [-0.15, -0.1) is 0 Å². The fourth-order valence-electron chi connectivity index (χ4n) is 2.56. The first-order valence-electron chi connectivity index (χ1n) is 6.91. The van der Waals surface area contributed by atoms with Gasteiger partial charge in [0, 0.05) is 25.7 Å². The highest BCUT2D eigenvalue weighted by Crippen LogP contribution is 2.29. The molecule has 2 fully saturated rings. The molecule has 0 aromatic heterocycles. The van der Waals surface area contributed by atoms with Crippen LogP contribution in [0.4, 0.5) is 4.79 Å². The predicted molar refractivity (Wildman–Crippen MR) is 67.3 cm³/mol. The maximum Gasteiger partial charge on any atom is 0.320 e. The molecular weight excluding hydrogens is 232 g/mol. The van der Waals surface area contributed by atoms with Gasteiger partial charge >= 0.3 is 12.0 Å². The molecule has 0 bridgehead atoms. The SMILES string of the molecule is CCCN(C(=O)N1CCC(C(=O)O)CC1)C1CC1. The molecule has 0 atom stereocenters. The second-order valence-corrected chi connectivity index (χ2v) is 5.31. The number of urea groups is 1. The zero-order chi connectivity index (χ0) is 13.1. The average Bonchev–Trinajstić information content (AvgIpc) is 3.19. The maximum absolute atomic E-state index is 12.4. The number of nitrogens with zero attached hydrogens (tertiary/aromatic N) is 2. The van der Waals surface area contributed by atoms with E-state index in [9.17, 15) is 9.59 Å². The van der Waals surface area contributed by atoms with E-state index in [0.717, 1.165) is 25.8 Å². The van der Waals surface area contributed by atoms with Crippen LogP contribution >= 0.6 is 0 Å². The summed E-state index contributed by atoms with van der Waals surface area (Å²) in [5.41, 5.74) is 0. The highest BCUT2D eigenvalue weighted by Gasteiger charge is 2.36. The number of carboxylic acid groups (broad SMARTS) is 1. The van der Waals surface area contributed by atoms with Crippen LogP contribution in [-0.4, -0.2) is 52.6 Å². The number of amides is 2. The molecule has 2 amide bonds. The molecule has 0 aromatic carbocycles. The van der Waals surface area contributed by atoms with Crippen LogP contribution in [0.2, 0.25) is 0 Å². The largest absolute Gasteiger partial charge is 0.481 e. The van der Waals surface area contributed by atoms with E-state index < -0.39 is 5.97 Å². The zero-order valence-corrected chi connectivity index (χ0v) is 11.0. The van der Waals surface area contributed by atoms with Gasteiger partial charge in [0.25, 0.3) is 0 Å². The fraction of sp³-hybridized carbons (Fsp3) is 0.846. The molecule has 0 unspecified atom stereocenters. The summed E-state index contributed by atoms with van der Waals surface area (Å²) < 4.78 is 0. The molecule has 0 radical (unpaired) electrons. The number of rotatable bonds is 4. The summed E-state index contributed by atoms with van der Waals surface area (Å²) in [7, 11) is 0. The van der Waals surface area contributed by atoms with Crippen LogP contribution in [-0.2, 0) is 4.79 Å². The van der Waals surface area contributed by atoms with Gasteiger partial charge in [-0.05, 0) is 32.1 Å². The number of likely N-dealkylation sites (tertiary alicyclic amines) is 1. The van der Waals surface area contributed by atoms with E-state index in [1.807, 2.05) is 9.80 Å². The number of hydrogen-bond donors (Lipinski definition) is 1. The Balaban J connectivity index is 1.87. The minimum absolute atomic E-state index is 0.114. The lowest BCUT2D eigenvalue weighted by molar-refractivity contribution is -0.143. The number of carbonyl (C=O) groups excluding carboxylic acids is 1. The fourth-order valence-corrected chi connectivity index (χ4v) is 2.56. The van der Waals surface area contributed by atoms with E-state index in [4.69, 9.17) is 5.11 Å². The second-order valence-electron chi connectivity index (χ2n) is 5.31. The topological polar surface area (TPSA) is 60.9 Å². The summed E-state index contributed by atoms with van der Waals surface area (Å²) in [6.45, 7) is 4.08. The highest BCUT2D eigenvalue weighted by molar-refractivity contribution is 5.76. The van der Waals surface area contributed by atoms with Gasteiger partial charge in [0.05, 0.1) is 5.92 Å². The van der Waals surface area contributed by atoms with Crippen molar-refractivity contribution in [2.75, 3.05) is 19.6 Å². The third-order valence-electron chi connectivity index (χ3n) is 3.81. The summed E-state index contributed by atoms with van der Waals surface area (Å²) in [6.07, 6.45) is 4.40. The maximum atomic E-state index is 12.4. The van der Waals surface area contributed by atoms with E-state index in [0.29, 0.717) is 32.0 Å². The van der Waals surface area contributed by atoms with Crippen molar-refractivity contribution < 1.29 is 14.7 Å². The minimum Gasteiger partial charge on any atom is -0.481 e. The molecule has 2 rings (SSSR count). The van der Waals surface area contributed by atoms with Crippen LogP contribution in [0.25, 0.3) is 0 Å². The number of carboxylic acids is 1. The Morgan fingerprint density at radius 3 is 2.28 bits per heavy atom. The number of hydrogen-bond acceptors (Lipinski definition) is 2. The van der Waals surface area contributed by atoms with Crippen LogP contribution in [0.5, 0.6) is 0 Å². The van der Waals surface area contributed by atoms with Crippen LogP contribution in [0.1, 0.15) is 39.0 Å². The van der Waals surface area contributed by atoms with Crippen molar-refractivity contribution in [3.63, 3.8) is 0 Å². The molecule has 5 nitrogen and oxygen atoms in total. The second kappa shape index (κ2) is 5.59. The predicted octanol–water partition coefficient (Wildman–Crippen LogP) is 1.78. The van der Waals surface area contributed by atoms with Crippen molar-refractivity contribution in [2.24, 2.45) is 5.92 Å². The van der Waals surface area contributed by atoms with Crippen molar-refractivity contribution in [3.05, 3.63) is 0 Å². The number of aliphatic carboxylic acids is 1. The molecule has 0 aromatic rings. The first-order chi connectivity index (χ1) is 8.63. The lowest BCUT2D eigenvalue weighted by Gasteiger charge is -2.34. The minimum atomic E-state index is -0.727. The third kappa shape index (κ3) is 2.94. The lowest BCUT2D eigenvalue weighted by atomic mass is 9.97. The first kappa shape index (κ1) is 13.2. The van der Waals surface area contributed by atoms with E-state index >= 15 is 0 Å². The van der Waals surface area contributed by atoms with Gasteiger partial charge < -0.3 is 14.9 Å². The van der Waals surface area contributed by atoms with E-state index in [-0.39, 0.29) is 11.9 Å². The monoisotopic (exact) mass is 254 g/mol. The van der Waals surface area contributed by atoms with Crippen LogP contribution in [0.3, 0.4) is 0 Å². The Labute approximate surface area is 108 Å². The molecule has 1 saturated heterocycles. The van der Waals surface area contributed by atoms with Gasteiger partial charge in [-0.2, -0.15) is 0 Å². The summed E-state index contributed by atoms with van der Waals surface area (Å²) in [4.78, 5) is 27.0. The van der Waals surface area contributed by atoms with Crippen LogP contribution in [0.15, 0.2) is 0 Å². The highest BCUT2D eigenvalue weighted by atomic mass is 16.4. The van der Waals surface area contributed by atoms with Crippen molar-refractivity contribution >= 4 is 12.0 Å². The normalized spacial score (nSPS) is 20.8. The summed E-state index contributed by atoms with van der Waals surface area (Å²) in [5, 5.41) is 8.94. The van der Waals surface area contributed by atoms with Gasteiger partial charge in [0.2, 0.25) is 0 Å². The van der Waals surface area contributed by atoms with Crippen molar-refractivity contribution in [3.8, 4) is 0 Å². The summed E-state index contributed by atoms with van der Waals surface area (Å²) in [6, 6.07) is 0.554. The molecule has 18 heavy (non-hydrogen) atoms. The van der Waals surface area contributed by atoms with Crippen molar-refractivity contribution in [1.29, 1.82) is 0 Å². The van der Waals surface area contributed by atoms with Gasteiger partial charge in [-0.3, -0.25) is 4.79 Å². The Morgan fingerprint density at radius 2 is 1.83 bits per heavy atom. The van der Waals surface area contributed by atoms with Gasteiger partial charge in [0.1, 0.15) is 0 Å². The molecule has 0 spiro atoms. The molecule has 5 heteroatoms. The molecule has 1 aliphatic carbocycles. The molecule has 1 saturated carbocycles. The Bertz CT molecular complexity index is 320. The first-order valence-corrected chi connectivity index (χ1v) is 6.91. The standard InChI is InChI=1S/C13H22N2O3/c1-2-7-15(11-3-4-11)13(18)14-8-5-10(6-9-14)12(16)17/h10-11H,2-9H2,1H3,(H,16,17). The van der Waals surface area contributed by atoms with Gasteiger partial charge in [-0.1, -0.05) is 6.92 Å². The van der Waals surface area contributed by atoms with E-state index in [1.165, 1.54) is 0 Å².